The van der Waals surface area contributed by atoms with Gasteiger partial charge in [0.05, 0.1) is 10.6 Å². The molecule has 1 amide bonds. The van der Waals surface area contributed by atoms with E-state index in [2.05, 4.69) is 10.4 Å². The van der Waals surface area contributed by atoms with Crippen LogP contribution >= 0.6 is 0 Å². The summed E-state index contributed by atoms with van der Waals surface area (Å²) in [5.74, 6) is 0.862. The minimum atomic E-state index is -3.74. The first kappa shape index (κ1) is 21.5. The predicted octanol–water partition coefficient (Wildman–Crippen LogP) is 0.645. The molecule has 4 rings (SSSR count). The maximum atomic E-state index is 12.3. The molecular weight excluding hydrogens is 436 g/mol. The second kappa shape index (κ2) is 8.81. The highest BCUT2D eigenvalue weighted by atomic mass is 32.2. The smallest absolute Gasteiger partial charge is 0.267 e. The number of nitrogens with two attached hydrogens (primary N) is 1. The number of primary sulfonamides is 1. The lowest BCUT2D eigenvalue weighted by Crippen LogP contribution is -2.34. The van der Waals surface area contributed by atoms with E-state index in [0.717, 1.165) is 15.8 Å². The van der Waals surface area contributed by atoms with Gasteiger partial charge in [-0.3, -0.25) is 9.59 Å². The molecule has 0 aliphatic carbocycles. The number of carbonyl (C=O) groups is 1. The number of sulfonamides is 1. The van der Waals surface area contributed by atoms with E-state index in [0.29, 0.717) is 30.2 Å². The first-order valence-electron chi connectivity index (χ1n) is 9.66. The number of nitrogens with zero attached hydrogens (tertiary/aromatic N) is 2. The van der Waals surface area contributed by atoms with Crippen LogP contribution in [-0.2, 0) is 27.8 Å². The molecule has 0 fully saturated rings. The number of amides is 1. The van der Waals surface area contributed by atoms with Crippen LogP contribution in [0.2, 0.25) is 0 Å². The molecule has 0 radical (unpaired) electrons. The Morgan fingerprint density at radius 1 is 1.06 bits per heavy atom. The lowest BCUT2D eigenvalue weighted by atomic mass is 10.1. The number of ether oxygens (including phenoxy) is 2. The van der Waals surface area contributed by atoms with Gasteiger partial charge in [0.25, 0.3) is 5.56 Å². The molecule has 0 bridgehead atoms. The van der Waals surface area contributed by atoms with E-state index in [4.69, 9.17) is 14.6 Å². The zero-order valence-corrected chi connectivity index (χ0v) is 17.7. The molecule has 3 aromatic rings. The van der Waals surface area contributed by atoms with E-state index < -0.39 is 15.6 Å². The second-order valence-electron chi connectivity index (χ2n) is 7.07. The third-order valence-corrected chi connectivity index (χ3v) is 5.75. The van der Waals surface area contributed by atoms with E-state index >= 15 is 0 Å². The van der Waals surface area contributed by atoms with Crippen LogP contribution in [-0.4, -0.2) is 37.4 Å². The molecule has 0 atom stereocenters. The maximum Gasteiger partial charge on any atom is 0.267 e. The maximum absolute atomic E-state index is 12.3. The number of hydrogen-bond donors (Lipinski definition) is 2. The number of nitrogens with one attached hydrogen (secondary N) is 1. The molecule has 10 nitrogen and oxygen atoms in total. The number of hydrogen-bond acceptors (Lipinski definition) is 7. The quantitative estimate of drug-likeness (QED) is 0.531. The Bertz CT molecular complexity index is 1320. The average molecular weight is 456 g/mol. The van der Waals surface area contributed by atoms with E-state index in [-0.39, 0.29) is 24.1 Å². The minimum Gasteiger partial charge on any atom is -0.454 e. The summed E-state index contributed by atoms with van der Waals surface area (Å²) in [5, 5.41) is 12.1. The molecule has 0 unspecified atom stereocenters. The molecule has 32 heavy (non-hydrogen) atoms. The number of aromatic nitrogens is 2. The highest BCUT2D eigenvalue weighted by molar-refractivity contribution is 7.89. The lowest BCUT2D eigenvalue weighted by Gasteiger charge is -2.09. The van der Waals surface area contributed by atoms with Gasteiger partial charge < -0.3 is 14.8 Å². The molecule has 3 N–H and O–H groups in total. The molecule has 0 spiro atoms. The molecule has 1 aliphatic heterocycles. The monoisotopic (exact) mass is 456 g/mol. The van der Waals surface area contributed by atoms with Gasteiger partial charge in [-0.05, 0) is 48.4 Å². The zero-order valence-electron chi connectivity index (χ0n) is 16.9. The molecule has 166 valence electrons. The van der Waals surface area contributed by atoms with Crippen molar-refractivity contribution in [1.82, 2.24) is 15.1 Å². The van der Waals surface area contributed by atoms with Gasteiger partial charge in [0.15, 0.2) is 11.5 Å². The van der Waals surface area contributed by atoms with Crippen molar-refractivity contribution in [1.29, 1.82) is 0 Å². The Morgan fingerprint density at radius 3 is 2.56 bits per heavy atom. The Kier molecular flexibility index (Phi) is 5.93. The summed E-state index contributed by atoms with van der Waals surface area (Å²) in [6, 6.07) is 14.4. The van der Waals surface area contributed by atoms with Crippen molar-refractivity contribution < 1.29 is 22.7 Å². The van der Waals surface area contributed by atoms with Gasteiger partial charge in [0.1, 0.15) is 6.54 Å². The summed E-state index contributed by atoms with van der Waals surface area (Å²) in [5.41, 5.74) is 1.68. The number of rotatable bonds is 7. The predicted molar refractivity (Wildman–Crippen MR) is 115 cm³/mol. The fourth-order valence-corrected chi connectivity index (χ4v) is 3.67. The lowest BCUT2D eigenvalue weighted by molar-refractivity contribution is -0.121. The summed E-state index contributed by atoms with van der Waals surface area (Å²) in [6.07, 6.45) is 0.482. The fourth-order valence-electron chi connectivity index (χ4n) is 3.16. The van der Waals surface area contributed by atoms with Crippen LogP contribution in [0.5, 0.6) is 11.5 Å². The van der Waals surface area contributed by atoms with Crippen molar-refractivity contribution >= 4 is 15.9 Å². The van der Waals surface area contributed by atoms with Crippen molar-refractivity contribution in [3.63, 3.8) is 0 Å². The standard InChI is InChI=1S/C21H20N4O6S/c22-32(28,29)16-4-1-14(2-5-16)9-10-23-20(26)12-25-21(27)8-6-17(24-25)15-3-7-18-19(11-15)31-13-30-18/h1-8,11H,9-10,12-13H2,(H,23,26)(H2,22,28,29). The third-order valence-electron chi connectivity index (χ3n) is 4.82. The van der Waals surface area contributed by atoms with Gasteiger partial charge in [-0.25, -0.2) is 18.2 Å². The molecule has 2 heterocycles. The van der Waals surface area contributed by atoms with E-state index in [9.17, 15) is 18.0 Å². The van der Waals surface area contributed by atoms with Crippen LogP contribution < -0.4 is 25.5 Å². The SMILES string of the molecule is NS(=O)(=O)c1ccc(CCNC(=O)Cn2nc(-c3ccc4c(c3)OCO4)ccc2=O)cc1. The van der Waals surface area contributed by atoms with Crippen molar-refractivity contribution in [3.8, 4) is 22.8 Å². The van der Waals surface area contributed by atoms with Crippen molar-refractivity contribution in [2.45, 2.75) is 17.9 Å². The molecule has 0 saturated heterocycles. The molecule has 0 saturated carbocycles. The highest BCUT2D eigenvalue weighted by Gasteiger charge is 2.15. The second-order valence-corrected chi connectivity index (χ2v) is 8.63. The summed E-state index contributed by atoms with van der Waals surface area (Å²) < 4.78 is 34.3. The Balaban J connectivity index is 1.37. The Labute approximate surface area is 183 Å². The highest BCUT2D eigenvalue weighted by Crippen LogP contribution is 2.35. The number of carbonyl (C=O) groups excluding carboxylic acids is 1. The summed E-state index contributed by atoms with van der Waals surface area (Å²) in [7, 11) is -3.74. The van der Waals surface area contributed by atoms with Gasteiger partial charge in [-0.1, -0.05) is 12.1 Å². The molecule has 1 aromatic heterocycles. The Morgan fingerprint density at radius 2 is 1.81 bits per heavy atom. The summed E-state index contributed by atoms with van der Waals surface area (Å²) in [4.78, 5) is 24.5. The molecule has 1 aliphatic rings. The zero-order chi connectivity index (χ0) is 22.7. The van der Waals surface area contributed by atoms with Crippen LogP contribution in [0, 0.1) is 0 Å². The largest absolute Gasteiger partial charge is 0.454 e. The first-order valence-corrected chi connectivity index (χ1v) is 11.2. The molecule has 2 aromatic carbocycles. The van der Waals surface area contributed by atoms with Crippen molar-refractivity contribution in [2.75, 3.05) is 13.3 Å². The van der Waals surface area contributed by atoms with Gasteiger partial charge in [0.2, 0.25) is 22.7 Å². The molecule has 11 heteroatoms. The Hall–Kier alpha value is -3.70. The van der Waals surface area contributed by atoms with Crippen molar-refractivity contribution in [3.05, 3.63) is 70.5 Å². The van der Waals surface area contributed by atoms with Crippen LogP contribution in [0.15, 0.2) is 64.3 Å². The summed E-state index contributed by atoms with van der Waals surface area (Å²) >= 11 is 0. The third kappa shape index (κ3) is 4.95. The van der Waals surface area contributed by atoms with E-state index in [1.807, 2.05) is 0 Å². The van der Waals surface area contributed by atoms with Gasteiger partial charge in [-0.2, -0.15) is 5.10 Å². The van der Waals surface area contributed by atoms with Gasteiger partial charge in [-0.15, -0.1) is 0 Å². The van der Waals surface area contributed by atoms with Crippen LogP contribution in [0.3, 0.4) is 0 Å². The van der Waals surface area contributed by atoms with Crippen LogP contribution in [0.1, 0.15) is 5.56 Å². The molecular formula is C21H20N4O6S. The average Bonchev–Trinajstić information content (AvgIpc) is 3.23. The van der Waals surface area contributed by atoms with E-state index in [1.54, 1.807) is 36.4 Å². The van der Waals surface area contributed by atoms with Crippen molar-refractivity contribution in [2.24, 2.45) is 5.14 Å². The fraction of sp³-hybridized carbons (Fsp3) is 0.190. The van der Waals surface area contributed by atoms with Gasteiger partial charge >= 0.3 is 0 Å². The first-order chi connectivity index (χ1) is 15.3. The van der Waals surface area contributed by atoms with Crippen LogP contribution in [0.4, 0.5) is 0 Å². The van der Waals surface area contributed by atoms with E-state index in [1.165, 1.54) is 18.2 Å². The minimum absolute atomic E-state index is 0.0260. The topological polar surface area (TPSA) is 143 Å². The van der Waals surface area contributed by atoms with Crippen LogP contribution in [0.25, 0.3) is 11.3 Å². The van der Waals surface area contributed by atoms with Gasteiger partial charge in [0, 0.05) is 18.2 Å². The normalized spacial score (nSPS) is 12.5. The number of benzene rings is 2. The number of fused-ring (bicyclic) bond motifs is 1. The summed E-state index contributed by atoms with van der Waals surface area (Å²) in [6.45, 7) is 0.230.